The first kappa shape index (κ1) is 11.4. The molecule has 1 aliphatic carbocycles. The summed E-state index contributed by atoms with van der Waals surface area (Å²) < 4.78 is 5.78. The van der Waals surface area contributed by atoms with Gasteiger partial charge in [-0.05, 0) is 37.7 Å². The maximum absolute atomic E-state index is 8.80. The zero-order valence-corrected chi connectivity index (χ0v) is 10.2. The molecule has 2 aliphatic rings. The average molecular weight is 244 g/mol. The molecule has 5 nitrogen and oxygen atoms in total. The second kappa shape index (κ2) is 4.91. The Bertz CT molecular complexity index is 466. The van der Waals surface area contributed by atoms with Gasteiger partial charge in [-0.2, -0.15) is 5.26 Å². The lowest BCUT2D eigenvalue weighted by molar-refractivity contribution is -0.00228. The fourth-order valence-corrected chi connectivity index (χ4v) is 2.43. The van der Waals surface area contributed by atoms with Crippen LogP contribution in [0.5, 0.6) is 0 Å². The lowest BCUT2D eigenvalue weighted by atomic mass is 10.0. The van der Waals surface area contributed by atoms with Crippen LogP contribution in [0.4, 0.5) is 5.95 Å². The van der Waals surface area contributed by atoms with E-state index >= 15 is 0 Å². The topological polar surface area (TPSA) is 70.8 Å². The van der Waals surface area contributed by atoms with E-state index in [1.165, 1.54) is 12.8 Å². The highest BCUT2D eigenvalue weighted by Crippen LogP contribution is 2.38. The van der Waals surface area contributed by atoms with Crippen molar-refractivity contribution in [3.05, 3.63) is 18.0 Å². The summed E-state index contributed by atoms with van der Waals surface area (Å²) in [4.78, 5) is 8.30. The first-order valence-corrected chi connectivity index (χ1v) is 6.46. The Morgan fingerprint density at radius 3 is 3.06 bits per heavy atom. The standard InChI is InChI=1S/C13H16N4O/c14-8-11-3-5-15-13(17-11)16-10-4-6-18-12(7-10)9-1-2-9/h3,5,9-10,12H,1-2,4,6-7H2,(H,15,16,17). The molecule has 2 fully saturated rings. The second-order valence-electron chi connectivity index (χ2n) is 4.99. The van der Waals surface area contributed by atoms with Gasteiger partial charge in [0.05, 0.1) is 6.10 Å². The fourth-order valence-electron chi connectivity index (χ4n) is 2.43. The number of ether oxygens (including phenoxy) is 1. The zero-order valence-electron chi connectivity index (χ0n) is 10.2. The maximum atomic E-state index is 8.80. The van der Waals surface area contributed by atoms with Crippen molar-refractivity contribution in [1.82, 2.24) is 9.97 Å². The lowest BCUT2D eigenvalue weighted by Gasteiger charge is -2.30. The summed E-state index contributed by atoms with van der Waals surface area (Å²) in [5.41, 5.74) is 0.401. The molecule has 0 aromatic carbocycles. The highest BCUT2D eigenvalue weighted by atomic mass is 16.5. The molecule has 1 saturated carbocycles. The van der Waals surface area contributed by atoms with Crippen LogP contribution < -0.4 is 5.32 Å². The minimum Gasteiger partial charge on any atom is -0.378 e. The summed E-state index contributed by atoms with van der Waals surface area (Å²) in [6, 6.07) is 4.00. The molecule has 5 heteroatoms. The maximum Gasteiger partial charge on any atom is 0.224 e. The Hall–Kier alpha value is -1.67. The monoisotopic (exact) mass is 244 g/mol. The molecule has 94 valence electrons. The molecule has 2 atom stereocenters. The van der Waals surface area contributed by atoms with Crippen molar-refractivity contribution in [2.75, 3.05) is 11.9 Å². The molecule has 2 heterocycles. The Morgan fingerprint density at radius 1 is 1.39 bits per heavy atom. The van der Waals surface area contributed by atoms with Crippen LogP contribution in [0.25, 0.3) is 0 Å². The molecule has 0 bridgehead atoms. The van der Waals surface area contributed by atoms with E-state index in [0.717, 1.165) is 25.4 Å². The van der Waals surface area contributed by atoms with Crippen LogP contribution in [0, 0.1) is 17.2 Å². The van der Waals surface area contributed by atoms with Gasteiger partial charge in [-0.15, -0.1) is 0 Å². The van der Waals surface area contributed by atoms with Crippen molar-refractivity contribution in [3.63, 3.8) is 0 Å². The van der Waals surface area contributed by atoms with Gasteiger partial charge in [0, 0.05) is 18.8 Å². The van der Waals surface area contributed by atoms with Gasteiger partial charge in [0.2, 0.25) is 5.95 Å². The fraction of sp³-hybridized carbons (Fsp3) is 0.615. The third-order valence-corrected chi connectivity index (χ3v) is 3.57. The van der Waals surface area contributed by atoms with E-state index in [0.29, 0.717) is 23.8 Å². The van der Waals surface area contributed by atoms with Crippen molar-refractivity contribution in [2.24, 2.45) is 5.92 Å². The van der Waals surface area contributed by atoms with Crippen LogP contribution >= 0.6 is 0 Å². The minimum absolute atomic E-state index is 0.360. The number of nitriles is 1. The van der Waals surface area contributed by atoms with E-state index in [1.54, 1.807) is 12.3 Å². The van der Waals surface area contributed by atoms with Crippen LogP contribution in [0.3, 0.4) is 0 Å². The van der Waals surface area contributed by atoms with Crippen LogP contribution in [0.2, 0.25) is 0 Å². The Labute approximate surface area is 106 Å². The van der Waals surface area contributed by atoms with E-state index in [1.807, 2.05) is 6.07 Å². The molecule has 0 amide bonds. The molecule has 18 heavy (non-hydrogen) atoms. The second-order valence-corrected chi connectivity index (χ2v) is 4.99. The number of rotatable bonds is 3. The van der Waals surface area contributed by atoms with Crippen molar-refractivity contribution in [2.45, 2.75) is 37.8 Å². The summed E-state index contributed by atoms with van der Waals surface area (Å²) in [6.45, 7) is 0.802. The van der Waals surface area contributed by atoms with Crippen molar-refractivity contribution < 1.29 is 4.74 Å². The molecule has 0 radical (unpaired) electrons. The molecular formula is C13H16N4O. The van der Waals surface area contributed by atoms with E-state index in [-0.39, 0.29) is 0 Å². The van der Waals surface area contributed by atoms with Gasteiger partial charge in [0.25, 0.3) is 0 Å². The predicted molar refractivity (Wildman–Crippen MR) is 65.9 cm³/mol. The smallest absolute Gasteiger partial charge is 0.224 e. The summed E-state index contributed by atoms with van der Waals surface area (Å²) in [5, 5.41) is 12.1. The van der Waals surface area contributed by atoms with Crippen molar-refractivity contribution in [1.29, 1.82) is 5.26 Å². The van der Waals surface area contributed by atoms with E-state index in [9.17, 15) is 0 Å². The van der Waals surface area contributed by atoms with Gasteiger partial charge in [-0.1, -0.05) is 0 Å². The Kier molecular flexibility index (Phi) is 3.11. The van der Waals surface area contributed by atoms with Gasteiger partial charge < -0.3 is 10.1 Å². The minimum atomic E-state index is 0.360. The van der Waals surface area contributed by atoms with Crippen LogP contribution in [0.15, 0.2) is 12.3 Å². The quantitative estimate of drug-likeness (QED) is 0.876. The number of hydrogen-bond donors (Lipinski definition) is 1. The third kappa shape index (κ3) is 2.59. The van der Waals surface area contributed by atoms with Gasteiger partial charge in [0.15, 0.2) is 0 Å². The molecule has 1 aromatic heterocycles. The molecule has 0 spiro atoms. The number of hydrogen-bond acceptors (Lipinski definition) is 5. The first-order valence-electron chi connectivity index (χ1n) is 6.46. The molecule has 1 aliphatic heterocycles. The van der Waals surface area contributed by atoms with E-state index in [4.69, 9.17) is 10.00 Å². The van der Waals surface area contributed by atoms with Crippen LogP contribution in [0.1, 0.15) is 31.4 Å². The van der Waals surface area contributed by atoms with Crippen LogP contribution in [-0.4, -0.2) is 28.7 Å². The Morgan fingerprint density at radius 2 is 2.28 bits per heavy atom. The van der Waals surface area contributed by atoms with E-state index in [2.05, 4.69) is 15.3 Å². The van der Waals surface area contributed by atoms with Gasteiger partial charge in [-0.3, -0.25) is 0 Å². The third-order valence-electron chi connectivity index (χ3n) is 3.57. The molecule has 1 N–H and O–H groups in total. The summed E-state index contributed by atoms with van der Waals surface area (Å²) in [7, 11) is 0. The Balaban J connectivity index is 1.62. The van der Waals surface area contributed by atoms with Gasteiger partial charge in [-0.25, -0.2) is 9.97 Å². The molecule has 2 unspecified atom stereocenters. The summed E-state index contributed by atoms with van der Waals surface area (Å²) >= 11 is 0. The SMILES string of the molecule is N#Cc1ccnc(NC2CCOC(C3CC3)C2)n1. The van der Waals surface area contributed by atoms with Crippen molar-refractivity contribution >= 4 is 5.95 Å². The molecule has 1 saturated heterocycles. The highest BCUT2D eigenvalue weighted by Gasteiger charge is 2.35. The van der Waals surface area contributed by atoms with E-state index < -0.39 is 0 Å². The van der Waals surface area contributed by atoms with Crippen molar-refractivity contribution in [3.8, 4) is 6.07 Å². The number of nitrogens with zero attached hydrogens (tertiary/aromatic N) is 3. The molecular weight excluding hydrogens is 228 g/mol. The number of aromatic nitrogens is 2. The highest BCUT2D eigenvalue weighted by molar-refractivity contribution is 5.31. The normalized spacial score (nSPS) is 27.5. The summed E-state index contributed by atoms with van der Waals surface area (Å²) in [5.74, 6) is 1.32. The number of nitrogens with one attached hydrogen (secondary N) is 1. The van der Waals surface area contributed by atoms with Crippen LogP contribution in [-0.2, 0) is 4.74 Å². The zero-order chi connectivity index (χ0) is 12.4. The molecule has 3 rings (SSSR count). The largest absolute Gasteiger partial charge is 0.378 e. The first-order chi connectivity index (χ1) is 8.85. The lowest BCUT2D eigenvalue weighted by Crippen LogP contribution is -2.35. The number of anilines is 1. The predicted octanol–water partition coefficient (Wildman–Crippen LogP) is 1.72. The summed E-state index contributed by atoms with van der Waals surface area (Å²) in [6.07, 6.45) is 6.62. The molecule has 1 aromatic rings. The van der Waals surface area contributed by atoms with Gasteiger partial charge >= 0.3 is 0 Å². The average Bonchev–Trinajstić information content (AvgIpc) is 3.24. The van der Waals surface area contributed by atoms with Gasteiger partial charge in [0.1, 0.15) is 11.8 Å².